The summed E-state index contributed by atoms with van der Waals surface area (Å²) in [7, 11) is 0. The minimum atomic E-state index is 0.0438. The first-order valence-electron chi connectivity index (χ1n) is 6.63. The van der Waals surface area contributed by atoms with E-state index >= 15 is 0 Å². The summed E-state index contributed by atoms with van der Waals surface area (Å²) in [5, 5.41) is 0. The van der Waals surface area contributed by atoms with E-state index in [1.54, 1.807) is 0 Å². The van der Waals surface area contributed by atoms with Crippen LogP contribution in [0.2, 0.25) is 0 Å². The van der Waals surface area contributed by atoms with Crippen LogP contribution in [0, 0.1) is 13.8 Å². The van der Waals surface area contributed by atoms with Gasteiger partial charge >= 0.3 is 0 Å². The number of ether oxygens (including phenoxy) is 1. The highest BCUT2D eigenvalue weighted by Crippen LogP contribution is 2.29. The topological polar surface area (TPSA) is 35.2 Å². The molecule has 0 fully saturated rings. The van der Waals surface area contributed by atoms with Gasteiger partial charge in [-0.15, -0.1) is 0 Å². The summed E-state index contributed by atoms with van der Waals surface area (Å²) in [6.45, 7) is 6.78. The quantitative estimate of drug-likeness (QED) is 0.899. The van der Waals surface area contributed by atoms with Gasteiger partial charge in [0.1, 0.15) is 11.9 Å². The molecule has 2 N–H and O–H groups in total. The maximum absolute atomic E-state index is 6.12. The Morgan fingerprint density at radius 3 is 2.16 bits per heavy atom. The van der Waals surface area contributed by atoms with Crippen molar-refractivity contribution in [2.24, 2.45) is 5.73 Å². The van der Waals surface area contributed by atoms with E-state index in [0.717, 1.165) is 22.4 Å². The second-order valence-electron chi connectivity index (χ2n) is 4.93. The molecule has 2 nitrogen and oxygen atoms in total. The highest BCUT2D eigenvalue weighted by atomic mass is 16.5. The molecule has 2 aromatic carbocycles. The molecule has 2 heteroatoms. The molecule has 0 aliphatic carbocycles. The Balaban J connectivity index is 2.24. The van der Waals surface area contributed by atoms with Crippen molar-refractivity contribution in [1.29, 1.82) is 0 Å². The molecule has 2 rings (SSSR count). The molecule has 100 valence electrons. The standard InChI is InChI=1S/C17H21NO/c1-12-9-15(11-18)10-13(2)17(12)19-14(3)16-7-5-4-6-8-16/h4-10,14H,11,18H2,1-3H3. The first-order chi connectivity index (χ1) is 9.11. The van der Waals surface area contributed by atoms with Gasteiger partial charge in [-0.25, -0.2) is 0 Å². The highest BCUT2D eigenvalue weighted by Gasteiger charge is 2.11. The predicted octanol–water partition coefficient (Wildman–Crippen LogP) is 3.90. The van der Waals surface area contributed by atoms with E-state index < -0.39 is 0 Å². The fourth-order valence-corrected chi connectivity index (χ4v) is 2.31. The van der Waals surface area contributed by atoms with Gasteiger partial charge in [-0.3, -0.25) is 0 Å². The van der Waals surface area contributed by atoms with Gasteiger partial charge < -0.3 is 10.5 Å². The minimum Gasteiger partial charge on any atom is -0.485 e. The fraction of sp³-hybridized carbons (Fsp3) is 0.294. The molecule has 1 unspecified atom stereocenters. The zero-order valence-corrected chi connectivity index (χ0v) is 11.8. The monoisotopic (exact) mass is 255 g/mol. The van der Waals surface area contributed by atoms with Crippen LogP contribution in [0.15, 0.2) is 42.5 Å². The number of benzene rings is 2. The lowest BCUT2D eigenvalue weighted by Gasteiger charge is -2.19. The van der Waals surface area contributed by atoms with Crippen LogP contribution in [-0.4, -0.2) is 0 Å². The average molecular weight is 255 g/mol. The number of rotatable bonds is 4. The van der Waals surface area contributed by atoms with Crippen molar-refractivity contribution in [2.75, 3.05) is 0 Å². The average Bonchev–Trinajstić information content (AvgIpc) is 2.43. The van der Waals surface area contributed by atoms with Crippen molar-refractivity contribution in [2.45, 2.75) is 33.4 Å². The molecule has 0 aliphatic rings. The van der Waals surface area contributed by atoms with E-state index in [-0.39, 0.29) is 6.10 Å². The van der Waals surface area contributed by atoms with Crippen molar-refractivity contribution >= 4 is 0 Å². The Bertz CT molecular complexity index is 525. The summed E-state index contributed by atoms with van der Waals surface area (Å²) in [5.41, 5.74) is 10.3. The summed E-state index contributed by atoms with van der Waals surface area (Å²) >= 11 is 0. The van der Waals surface area contributed by atoms with Crippen LogP contribution in [-0.2, 0) is 6.54 Å². The van der Waals surface area contributed by atoms with Gasteiger partial charge in [-0.05, 0) is 43.0 Å². The van der Waals surface area contributed by atoms with Gasteiger partial charge in [-0.1, -0.05) is 42.5 Å². The molecule has 0 saturated heterocycles. The van der Waals surface area contributed by atoms with Gasteiger partial charge in [0.25, 0.3) is 0 Å². The maximum atomic E-state index is 6.12. The Morgan fingerprint density at radius 2 is 1.63 bits per heavy atom. The smallest absolute Gasteiger partial charge is 0.126 e. The van der Waals surface area contributed by atoms with E-state index in [0.29, 0.717) is 6.54 Å². The predicted molar refractivity (Wildman–Crippen MR) is 79.3 cm³/mol. The van der Waals surface area contributed by atoms with Gasteiger partial charge in [0.2, 0.25) is 0 Å². The Labute approximate surface area is 115 Å². The number of hydrogen-bond donors (Lipinski definition) is 1. The summed E-state index contributed by atoms with van der Waals surface area (Å²) < 4.78 is 6.12. The first-order valence-corrected chi connectivity index (χ1v) is 6.63. The van der Waals surface area contributed by atoms with Crippen molar-refractivity contribution in [3.63, 3.8) is 0 Å². The van der Waals surface area contributed by atoms with Crippen LogP contribution >= 0.6 is 0 Å². The van der Waals surface area contributed by atoms with Gasteiger partial charge in [-0.2, -0.15) is 0 Å². The second-order valence-corrected chi connectivity index (χ2v) is 4.93. The van der Waals surface area contributed by atoms with Crippen molar-refractivity contribution < 1.29 is 4.74 Å². The summed E-state index contributed by atoms with van der Waals surface area (Å²) in [4.78, 5) is 0. The molecule has 0 aliphatic heterocycles. The Hall–Kier alpha value is -1.80. The van der Waals surface area contributed by atoms with E-state index in [9.17, 15) is 0 Å². The Kier molecular flexibility index (Phi) is 4.23. The van der Waals surface area contributed by atoms with Crippen LogP contribution in [0.3, 0.4) is 0 Å². The molecule has 0 heterocycles. The molecule has 0 amide bonds. The molecule has 19 heavy (non-hydrogen) atoms. The third-order valence-electron chi connectivity index (χ3n) is 3.32. The lowest BCUT2D eigenvalue weighted by molar-refractivity contribution is 0.223. The second kappa shape index (κ2) is 5.89. The van der Waals surface area contributed by atoms with Gasteiger partial charge in [0, 0.05) is 6.54 Å². The highest BCUT2D eigenvalue weighted by molar-refractivity contribution is 5.43. The van der Waals surface area contributed by atoms with Crippen LogP contribution in [0.25, 0.3) is 0 Å². The normalized spacial score (nSPS) is 12.2. The largest absolute Gasteiger partial charge is 0.485 e. The summed E-state index contributed by atoms with van der Waals surface area (Å²) in [6.07, 6.45) is 0.0438. The zero-order valence-electron chi connectivity index (χ0n) is 11.8. The van der Waals surface area contributed by atoms with Gasteiger partial charge in [0.05, 0.1) is 0 Å². The molecule has 0 bridgehead atoms. The molecule has 0 spiro atoms. The molecular weight excluding hydrogens is 234 g/mol. The number of aryl methyl sites for hydroxylation is 2. The van der Waals surface area contributed by atoms with Crippen molar-refractivity contribution in [3.05, 3.63) is 64.7 Å². The third kappa shape index (κ3) is 3.15. The third-order valence-corrected chi connectivity index (χ3v) is 3.32. The van der Waals surface area contributed by atoms with E-state index in [1.807, 2.05) is 18.2 Å². The van der Waals surface area contributed by atoms with Crippen LogP contribution in [0.1, 0.15) is 35.3 Å². The van der Waals surface area contributed by atoms with E-state index in [1.165, 1.54) is 5.56 Å². The van der Waals surface area contributed by atoms with E-state index in [2.05, 4.69) is 45.0 Å². The van der Waals surface area contributed by atoms with Crippen LogP contribution < -0.4 is 10.5 Å². The van der Waals surface area contributed by atoms with Crippen LogP contribution in [0.4, 0.5) is 0 Å². The Morgan fingerprint density at radius 1 is 1.05 bits per heavy atom. The maximum Gasteiger partial charge on any atom is 0.126 e. The lowest BCUT2D eigenvalue weighted by atomic mass is 10.1. The zero-order chi connectivity index (χ0) is 13.8. The summed E-state index contributed by atoms with van der Waals surface area (Å²) in [6, 6.07) is 14.5. The molecule has 0 radical (unpaired) electrons. The SMILES string of the molecule is Cc1cc(CN)cc(C)c1OC(C)c1ccccc1. The first kappa shape index (κ1) is 13.6. The molecular formula is C17H21NO. The molecule has 2 aromatic rings. The molecule has 0 aromatic heterocycles. The van der Waals surface area contributed by atoms with Gasteiger partial charge in [0.15, 0.2) is 0 Å². The van der Waals surface area contributed by atoms with Crippen LogP contribution in [0.5, 0.6) is 5.75 Å². The van der Waals surface area contributed by atoms with Crippen molar-refractivity contribution in [1.82, 2.24) is 0 Å². The van der Waals surface area contributed by atoms with E-state index in [4.69, 9.17) is 10.5 Å². The molecule has 1 atom stereocenters. The van der Waals surface area contributed by atoms with Crippen molar-refractivity contribution in [3.8, 4) is 5.75 Å². The minimum absolute atomic E-state index is 0.0438. The number of nitrogens with two attached hydrogens (primary N) is 1. The number of hydrogen-bond acceptors (Lipinski definition) is 2. The fourth-order valence-electron chi connectivity index (χ4n) is 2.31. The molecule has 0 saturated carbocycles. The summed E-state index contributed by atoms with van der Waals surface area (Å²) in [5.74, 6) is 0.966. The lowest BCUT2D eigenvalue weighted by Crippen LogP contribution is -2.06.